The van der Waals surface area contributed by atoms with Gasteiger partial charge >= 0.3 is 35.3 Å². The number of hydrogen-bond acceptors (Lipinski definition) is 0. The first-order valence-corrected chi connectivity index (χ1v) is 8.13. The van der Waals surface area contributed by atoms with E-state index in [1.807, 2.05) is 0 Å². The first-order chi connectivity index (χ1) is 6.41. The minimum Gasteiger partial charge on any atom is -0.999 e. The van der Waals surface area contributed by atoms with Crippen molar-refractivity contribution >= 4 is 18.8 Å². The van der Waals surface area contributed by atoms with Crippen molar-refractivity contribution in [3.63, 3.8) is 0 Å². The van der Waals surface area contributed by atoms with Gasteiger partial charge in [-0.15, -0.1) is 0 Å². The van der Waals surface area contributed by atoms with E-state index in [-0.39, 0.29) is 0 Å². The van der Waals surface area contributed by atoms with Crippen LogP contribution < -0.4 is 0 Å². The third-order valence-electron chi connectivity index (χ3n) is 0.702. The Kier molecular flexibility index (Phi) is 11.9. The molecule has 0 saturated carbocycles. The first-order valence-electron chi connectivity index (χ1n) is 2.96. The van der Waals surface area contributed by atoms with Crippen molar-refractivity contribution in [3.05, 3.63) is 60.7 Å². The standard InChI is InChI=1S/2C5H.2ClH.Mo/c2*1-2-4-5-3-1;;;/h2*1H;2*1H;/q2*-5;;;+2/p-2. The normalized spacial score (nSPS) is 7.54. The van der Waals surface area contributed by atoms with Crippen molar-refractivity contribution in [2.24, 2.45) is 0 Å². The van der Waals surface area contributed by atoms with E-state index in [2.05, 4.69) is 48.5 Å². The minimum atomic E-state index is -0.586. The molecule has 2 aromatic carbocycles. The molecule has 0 radical (unpaired) electrons. The molecule has 3 heteroatoms. The number of hydrogen-bond donors (Lipinski definition) is 0. The summed E-state index contributed by atoms with van der Waals surface area (Å²) in [5.41, 5.74) is 0. The Morgan fingerprint density at radius 2 is 0.923 bits per heavy atom. The van der Waals surface area contributed by atoms with Crippen LogP contribution in [0.5, 0.6) is 0 Å². The molecule has 0 aliphatic heterocycles. The van der Waals surface area contributed by atoms with Crippen molar-refractivity contribution in [2.45, 2.75) is 0 Å². The summed E-state index contributed by atoms with van der Waals surface area (Å²) in [4.78, 5) is 0. The van der Waals surface area contributed by atoms with Gasteiger partial charge in [0.2, 0.25) is 0 Å². The van der Waals surface area contributed by atoms with Gasteiger partial charge in [-0.3, -0.25) is 0 Å². The van der Waals surface area contributed by atoms with Gasteiger partial charge in [0, 0.05) is 0 Å². The van der Waals surface area contributed by atoms with E-state index in [1.54, 1.807) is 12.1 Å². The zero-order chi connectivity index (χ0) is 9.78. The van der Waals surface area contributed by atoms with Crippen molar-refractivity contribution < 1.29 is 16.5 Å². The maximum absolute atomic E-state index is 4.89. The van der Waals surface area contributed by atoms with E-state index in [4.69, 9.17) is 18.8 Å². The summed E-state index contributed by atoms with van der Waals surface area (Å²) >= 11 is -0.586. The molecule has 0 atom stereocenters. The van der Waals surface area contributed by atoms with Gasteiger partial charge in [0.25, 0.3) is 0 Å². The summed E-state index contributed by atoms with van der Waals surface area (Å²) in [6, 6.07) is 24.0. The Balaban J connectivity index is 0.000000174. The molecule has 0 bridgehead atoms. The minimum absolute atomic E-state index is 0.586. The zero-order valence-corrected chi connectivity index (χ0v) is 9.84. The van der Waals surface area contributed by atoms with Gasteiger partial charge in [-0.05, 0) is 0 Å². The van der Waals surface area contributed by atoms with Gasteiger partial charge in [-0.25, -0.2) is 0 Å². The molecule has 0 N–H and O–H groups in total. The maximum atomic E-state index is 4.89. The van der Waals surface area contributed by atoms with Crippen LogP contribution in [-0.4, -0.2) is 0 Å². The van der Waals surface area contributed by atoms with Crippen LogP contribution in [0.25, 0.3) is 0 Å². The van der Waals surface area contributed by atoms with E-state index in [1.165, 1.54) is 0 Å². The molecule has 2 rings (SSSR count). The fourth-order valence-electron chi connectivity index (χ4n) is 0.361. The van der Waals surface area contributed by atoms with Crippen LogP contribution in [0.2, 0.25) is 0 Å². The van der Waals surface area contributed by atoms with Crippen LogP contribution in [0.4, 0.5) is 0 Å². The van der Waals surface area contributed by atoms with E-state index >= 15 is 0 Å². The van der Waals surface area contributed by atoms with Crippen LogP contribution in [0.1, 0.15) is 0 Å². The molecule has 0 nitrogen and oxygen atoms in total. The van der Waals surface area contributed by atoms with E-state index in [0.29, 0.717) is 0 Å². The Morgan fingerprint density at radius 3 is 1.00 bits per heavy atom. The second kappa shape index (κ2) is 12.0. The third kappa shape index (κ3) is 12.0. The molecular weight excluding hydrogens is 287 g/mol. The summed E-state index contributed by atoms with van der Waals surface area (Å²) in [7, 11) is 9.79. The van der Waals surface area contributed by atoms with Crippen LogP contribution in [0, 0.1) is 48.5 Å². The molecule has 0 aromatic heterocycles. The number of rotatable bonds is 0. The molecule has 0 heterocycles. The average molecular weight is 289 g/mol. The van der Waals surface area contributed by atoms with Crippen molar-refractivity contribution in [1.29, 1.82) is 0 Å². The Morgan fingerprint density at radius 1 is 0.692 bits per heavy atom. The molecule has 0 unspecified atom stereocenters. The van der Waals surface area contributed by atoms with Crippen LogP contribution in [0.3, 0.4) is 0 Å². The van der Waals surface area contributed by atoms with Gasteiger partial charge in [0.05, 0.1) is 0 Å². The van der Waals surface area contributed by atoms with Crippen molar-refractivity contribution in [1.82, 2.24) is 0 Å². The molecule has 0 aliphatic rings. The largest absolute Gasteiger partial charge is 0.999 e. The van der Waals surface area contributed by atoms with Gasteiger partial charge < -0.3 is 60.7 Å². The third-order valence-corrected chi connectivity index (χ3v) is 0.702. The average Bonchev–Trinajstić information content (AvgIpc) is 2.85. The molecule has 2 aromatic rings. The zero-order valence-electron chi connectivity index (χ0n) is 6.32. The quantitative estimate of drug-likeness (QED) is 0.516. The van der Waals surface area contributed by atoms with Crippen molar-refractivity contribution in [2.75, 3.05) is 0 Å². The van der Waals surface area contributed by atoms with Crippen LogP contribution in [0.15, 0.2) is 12.1 Å². The van der Waals surface area contributed by atoms with Crippen LogP contribution >= 0.6 is 18.8 Å². The van der Waals surface area contributed by atoms with Crippen molar-refractivity contribution in [3.8, 4) is 0 Å². The monoisotopic (exact) mass is 290 g/mol. The topological polar surface area (TPSA) is 0 Å². The summed E-state index contributed by atoms with van der Waals surface area (Å²) in [5.74, 6) is 0. The molecule has 72 valence electrons. The Labute approximate surface area is 95.6 Å². The van der Waals surface area contributed by atoms with Crippen LogP contribution in [-0.2, 0) is 16.5 Å². The molecule has 0 spiro atoms. The maximum Gasteiger partial charge on any atom is -0.800 e. The Hall–Kier alpha value is -0.0317. The van der Waals surface area contributed by atoms with E-state index in [9.17, 15) is 0 Å². The molecule has 0 fully saturated rings. The predicted molar refractivity (Wildman–Crippen MR) is 46.5 cm³/mol. The molecule has 0 saturated heterocycles. The molecule has 0 amide bonds. The SMILES string of the molecule is [Cl][Mo][Cl].[c-]1[c-][c-][cH-][c-]1.[c-]1[c-][c-][cH-][c-]1. The van der Waals surface area contributed by atoms with Gasteiger partial charge in [-0.2, -0.15) is 0 Å². The smallest absolute Gasteiger partial charge is 0.800 e. The van der Waals surface area contributed by atoms with E-state index in [0.717, 1.165) is 0 Å². The Bertz CT molecular complexity index is 165. The number of halogens is 2. The molecule has 0 aliphatic carbocycles. The van der Waals surface area contributed by atoms with Gasteiger partial charge in [0.1, 0.15) is 0 Å². The summed E-state index contributed by atoms with van der Waals surface area (Å²) in [5, 5.41) is 0. The summed E-state index contributed by atoms with van der Waals surface area (Å²) in [6.07, 6.45) is 0. The van der Waals surface area contributed by atoms with E-state index < -0.39 is 16.5 Å². The second-order valence-corrected chi connectivity index (χ2v) is 4.47. The molecule has 13 heavy (non-hydrogen) atoms. The van der Waals surface area contributed by atoms with Gasteiger partial charge in [0.15, 0.2) is 0 Å². The fraction of sp³-hybridized carbons (Fsp3) is 0. The predicted octanol–water partition coefficient (Wildman–Crippen LogP) is 2.59. The second-order valence-electron chi connectivity index (χ2n) is 1.42. The summed E-state index contributed by atoms with van der Waals surface area (Å²) in [6.45, 7) is 0. The van der Waals surface area contributed by atoms with Gasteiger partial charge in [-0.1, -0.05) is 0 Å². The summed E-state index contributed by atoms with van der Waals surface area (Å²) < 4.78 is 0. The fourth-order valence-corrected chi connectivity index (χ4v) is 0.361. The first kappa shape index (κ1) is 13.0. The molecular formula is C10H2Cl2Mo-10.